The largest absolute Gasteiger partial charge is 0.486 e. The lowest BCUT2D eigenvalue weighted by Crippen LogP contribution is -2.35. The third-order valence-electron chi connectivity index (χ3n) is 4.62. The van der Waals surface area contributed by atoms with Gasteiger partial charge in [-0.25, -0.2) is 8.78 Å². The van der Waals surface area contributed by atoms with Gasteiger partial charge in [-0.2, -0.15) is 0 Å². The van der Waals surface area contributed by atoms with E-state index in [0.717, 1.165) is 12.0 Å². The van der Waals surface area contributed by atoms with Gasteiger partial charge in [0.25, 0.3) is 5.91 Å². The summed E-state index contributed by atoms with van der Waals surface area (Å²) in [5.41, 5.74) is 3.10. The van der Waals surface area contributed by atoms with E-state index in [4.69, 9.17) is 4.74 Å². The zero-order valence-corrected chi connectivity index (χ0v) is 14.7. The smallest absolute Gasteiger partial charge is 0.254 e. The maximum absolute atomic E-state index is 14.3. The van der Waals surface area contributed by atoms with Gasteiger partial charge in [0.05, 0.1) is 6.33 Å². The van der Waals surface area contributed by atoms with Crippen LogP contribution in [0.5, 0.6) is 5.75 Å². The summed E-state index contributed by atoms with van der Waals surface area (Å²) in [6, 6.07) is 12.2. The van der Waals surface area contributed by atoms with Crippen molar-refractivity contribution in [2.45, 2.75) is 26.3 Å². The summed E-state index contributed by atoms with van der Waals surface area (Å²) >= 11 is 0. The van der Waals surface area contributed by atoms with Crippen molar-refractivity contribution in [2.75, 3.05) is 13.2 Å². The molecule has 0 bridgehead atoms. The summed E-state index contributed by atoms with van der Waals surface area (Å²) in [4.78, 5) is 14.4. The first-order chi connectivity index (χ1) is 12.6. The molecule has 26 heavy (non-hydrogen) atoms. The predicted molar refractivity (Wildman–Crippen MR) is 96.3 cm³/mol. The van der Waals surface area contributed by atoms with Gasteiger partial charge in [-0.1, -0.05) is 31.2 Å². The van der Waals surface area contributed by atoms with Crippen LogP contribution in [0.2, 0.25) is 0 Å². The average Bonchev–Trinajstić information content (AvgIpc) is 2.68. The molecule has 5 heteroatoms. The molecule has 0 atom stereocenters. The van der Waals surface area contributed by atoms with Gasteiger partial charge in [-0.05, 0) is 47.7 Å². The lowest BCUT2D eigenvalue weighted by atomic mass is 9.99. The Morgan fingerprint density at radius 1 is 1.23 bits per heavy atom. The first kappa shape index (κ1) is 18.1. The molecule has 0 N–H and O–H groups in total. The summed E-state index contributed by atoms with van der Waals surface area (Å²) in [6.07, 6.45) is 1.76. The van der Waals surface area contributed by atoms with E-state index in [-0.39, 0.29) is 23.8 Å². The molecule has 3 nitrogen and oxygen atoms in total. The van der Waals surface area contributed by atoms with E-state index in [2.05, 4.69) is 6.07 Å². The lowest BCUT2D eigenvalue weighted by molar-refractivity contribution is 0.0734. The van der Waals surface area contributed by atoms with Gasteiger partial charge in [0.15, 0.2) is 11.6 Å². The maximum Gasteiger partial charge on any atom is 0.254 e. The quantitative estimate of drug-likeness (QED) is 0.778. The van der Waals surface area contributed by atoms with Crippen molar-refractivity contribution in [3.05, 3.63) is 76.9 Å². The van der Waals surface area contributed by atoms with E-state index < -0.39 is 5.82 Å². The monoisotopic (exact) mass is 357 g/mol. The number of hydrogen-bond donors (Lipinski definition) is 0. The van der Waals surface area contributed by atoms with Crippen LogP contribution < -0.4 is 4.74 Å². The predicted octanol–water partition coefficient (Wildman–Crippen LogP) is 4.67. The van der Waals surface area contributed by atoms with Gasteiger partial charge < -0.3 is 9.64 Å². The Morgan fingerprint density at radius 2 is 2.00 bits per heavy atom. The first-order valence-corrected chi connectivity index (χ1v) is 8.69. The number of rotatable bonds is 5. The van der Waals surface area contributed by atoms with Crippen LogP contribution in [-0.4, -0.2) is 24.0 Å². The number of hydrogen-bond acceptors (Lipinski definition) is 2. The Morgan fingerprint density at radius 3 is 2.69 bits per heavy atom. The standard InChI is InChI=1S/C21H21F2NO2/c1-2-15(12-22)14-26-20-8-7-17(11-19(20)23)21(25)24-10-9-16-5-3-4-6-18(16)13-24/h3-8,11-12H,2,9-10,13-14H2,1H3. The molecular weight excluding hydrogens is 336 g/mol. The molecule has 0 saturated heterocycles. The summed E-state index contributed by atoms with van der Waals surface area (Å²) < 4.78 is 32.1. The number of ether oxygens (including phenoxy) is 1. The highest BCUT2D eigenvalue weighted by Gasteiger charge is 2.22. The van der Waals surface area contributed by atoms with Crippen molar-refractivity contribution in [1.29, 1.82) is 0 Å². The van der Waals surface area contributed by atoms with E-state index in [9.17, 15) is 13.6 Å². The Kier molecular flexibility index (Phi) is 5.66. The van der Waals surface area contributed by atoms with Gasteiger partial charge in [0.2, 0.25) is 0 Å². The summed E-state index contributed by atoms with van der Waals surface area (Å²) in [7, 11) is 0. The van der Waals surface area contributed by atoms with Crippen molar-refractivity contribution in [3.8, 4) is 5.75 Å². The van der Waals surface area contributed by atoms with Crippen molar-refractivity contribution in [3.63, 3.8) is 0 Å². The molecule has 0 spiro atoms. The Hall–Kier alpha value is -2.69. The fourth-order valence-corrected chi connectivity index (χ4v) is 2.98. The normalized spacial score (nSPS) is 14.1. The van der Waals surface area contributed by atoms with Crippen LogP contribution in [0.15, 0.2) is 54.4 Å². The molecule has 1 aliphatic heterocycles. The average molecular weight is 357 g/mol. The number of amides is 1. The number of carbonyl (C=O) groups excluding carboxylic acids is 1. The number of fused-ring (bicyclic) bond motifs is 1. The summed E-state index contributed by atoms with van der Waals surface area (Å²) in [5.74, 6) is -0.816. The van der Waals surface area contributed by atoms with Crippen molar-refractivity contribution >= 4 is 5.91 Å². The fourth-order valence-electron chi connectivity index (χ4n) is 2.98. The molecule has 136 valence electrons. The van der Waals surface area contributed by atoms with Crippen LogP contribution in [0.1, 0.15) is 34.8 Å². The molecular formula is C21H21F2NO2. The van der Waals surface area contributed by atoms with E-state index in [1.165, 1.54) is 17.7 Å². The van der Waals surface area contributed by atoms with Gasteiger partial charge in [-0.15, -0.1) is 0 Å². The minimum Gasteiger partial charge on any atom is -0.486 e. The maximum atomic E-state index is 14.3. The third-order valence-corrected chi connectivity index (χ3v) is 4.62. The second-order valence-electron chi connectivity index (χ2n) is 6.30. The van der Waals surface area contributed by atoms with Gasteiger partial charge in [0.1, 0.15) is 6.61 Å². The second kappa shape index (κ2) is 8.13. The Labute approximate surface area is 151 Å². The molecule has 0 fully saturated rings. The number of carbonyl (C=O) groups is 1. The first-order valence-electron chi connectivity index (χ1n) is 8.69. The highest BCUT2D eigenvalue weighted by Crippen LogP contribution is 2.23. The molecule has 1 aliphatic rings. The molecule has 0 aliphatic carbocycles. The van der Waals surface area contributed by atoms with Crippen LogP contribution in [-0.2, 0) is 13.0 Å². The second-order valence-corrected chi connectivity index (χ2v) is 6.30. The molecule has 2 aromatic rings. The van der Waals surface area contributed by atoms with Gasteiger partial charge in [0, 0.05) is 18.7 Å². The van der Waals surface area contributed by atoms with Crippen molar-refractivity contribution < 1.29 is 18.3 Å². The minimum atomic E-state index is -0.623. The molecule has 0 saturated carbocycles. The topological polar surface area (TPSA) is 29.5 Å². The van der Waals surface area contributed by atoms with Crippen LogP contribution in [0, 0.1) is 5.82 Å². The van der Waals surface area contributed by atoms with Crippen LogP contribution in [0.25, 0.3) is 0 Å². The summed E-state index contributed by atoms with van der Waals surface area (Å²) in [5, 5.41) is 0. The SMILES string of the molecule is CCC(=CF)COc1ccc(C(=O)N2CCc3ccccc3C2)cc1F. The van der Waals surface area contributed by atoms with Crippen LogP contribution in [0.3, 0.4) is 0 Å². The van der Waals surface area contributed by atoms with Gasteiger partial charge in [-0.3, -0.25) is 4.79 Å². The van der Waals surface area contributed by atoms with E-state index in [1.807, 2.05) is 18.2 Å². The molecule has 0 unspecified atom stereocenters. The van der Waals surface area contributed by atoms with Crippen molar-refractivity contribution in [2.24, 2.45) is 0 Å². The van der Waals surface area contributed by atoms with Gasteiger partial charge >= 0.3 is 0 Å². The zero-order chi connectivity index (χ0) is 18.5. The molecule has 3 rings (SSSR count). The number of halogens is 2. The Balaban J connectivity index is 1.70. The molecule has 1 heterocycles. The molecule has 1 amide bonds. The number of nitrogens with zero attached hydrogens (tertiary/aromatic N) is 1. The zero-order valence-electron chi connectivity index (χ0n) is 14.7. The lowest BCUT2D eigenvalue weighted by Gasteiger charge is -2.29. The number of benzene rings is 2. The van der Waals surface area contributed by atoms with E-state index in [1.54, 1.807) is 17.9 Å². The van der Waals surface area contributed by atoms with E-state index >= 15 is 0 Å². The van der Waals surface area contributed by atoms with Crippen LogP contribution >= 0.6 is 0 Å². The minimum absolute atomic E-state index is 0.0124. The molecule has 2 aromatic carbocycles. The van der Waals surface area contributed by atoms with Crippen LogP contribution in [0.4, 0.5) is 8.78 Å². The third kappa shape index (κ3) is 3.93. The van der Waals surface area contributed by atoms with Crippen molar-refractivity contribution in [1.82, 2.24) is 4.90 Å². The molecule has 0 radical (unpaired) electrons. The van der Waals surface area contributed by atoms with E-state index in [0.29, 0.717) is 31.4 Å². The highest BCUT2D eigenvalue weighted by atomic mass is 19.1. The summed E-state index contributed by atoms with van der Waals surface area (Å²) in [6.45, 7) is 2.91. The highest BCUT2D eigenvalue weighted by molar-refractivity contribution is 5.94. The Bertz CT molecular complexity index is 833. The fraction of sp³-hybridized carbons (Fsp3) is 0.286. The molecule has 0 aromatic heterocycles.